The molecular weight excluding hydrogens is 150 g/mol. The Morgan fingerprint density at radius 3 is 2.33 bits per heavy atom. The average Bonchev–Trinajstić information content (AvgIpc) is 2.10. The quantitative estimate of drug-likeness (QED) is 0.589. The van der Waals surface area contributed by atoms with Gasteiger partial charge in [-0.25, -0.2) is 0 Å². The van der Waals surface area contributed by atoms with Crippen molar-refractivity contribution in [2.75, 3.05) is 7.05 Å². The second-order valence-electron chi connectivity index (χ2n) is 3.19. The first-order valence-corrected chi connectivity index (χ1v) is 5.01. The number of amides is 1. The topological polar surface area (TPSA) is 29.1 Å². The van der Waals surface area contributed by atoms with Crippen molar-refractivity contribution >= 4 is 5.91 Å². The van der Waals surface area contributed by atoms with Crippen molar-refractivity contribution in [3.8, 4) is 0 Å². The number of carbonyl (C=O) groups is 1. The molecule has 0 aliphatic carbocycles. The maximum atomic E-state index is 10.8. The molecule has 0 spiro atoms. The van der Waals surface area contributed by atoms with Gasteiger partial charge in [0.25, 0.3) is 0 Å². The predicted molar refractivity (Wildman–Crippen MR) is 54.2 cm³/mol. The highest BCUT2D eigenvalue weighted by molar-refractivity contribution is 5.75. The van der Waals surface area contributed by atoms with Crippen LogP contribution in [0.3, 0.4) is 0 Å². The maximum absolute atomic E-state index is 10.8. The molecular formula is C10H23NO. The third-order valence-electron chi connectivity index (χ3n) is 2.04. The molecule has 0 aromatic carbocycles. The summed E-state index contributed by atoms with van der Waals surface area (Å²) in [6.45, 7) is 2.21. The Bertz CT molecular complexity index is 117. The molecule has 0 bridgehead atoms. The minimum atomic E-state index is 0. The van der Waals surface area contributed by atoms with Gasteiger partial charge in [-0.2, -0.15) is 0 Å². The smallest absolute Gasteiger partial charge is 0.219 e. The number of hydrogen-bond acceptors (Lipinski definition) is 1. The van der Waals surface area contributed by atoms with Crippen molar-refractivity contribution in [3.05, 3.63) is 0 Å². The van der Waals surface area contributed by atoms with Crippen LogP contribution in [0.1, 0.15) is 53.3 Å². The molecule has 1 N–H and O–H groups in total. The van der Waals surface area contributed by atoms with Gasteiger partial charge in [-0.15, -0.1) is 0 Å². The molecule has 0 atom stereocenters. The molecule has 0 aliphatic rings. The van der Waals surface area contributed by atoms with Gasteiger partial charge >= 0.3 is 0 Å². The molecule has 0 saturated heterocycles. The van der Waals surface area contributed by atoms with Crippen LogP contribution in [0.5, 0.6) is 0 Å². The molecule has 0 radical (unpaired) electrons. The Kier molecular flexibility index (Phi) is 8.19. The van der Waals surface area contributed by atoms with E-state index in [1.165, 1.54) is 32.1 Å². The van der Waals surface area contributed by atoms with Crippen LogP contribution in [0.15, 0.2) is 0 Å². The van der Waals surface area contributed by atoms with E-state index in [2.05, 4.69) is 12.2 Å². The zero-order valence-corrected chi connectivity index (χ0v) is 8.36. The fourth-order valence-electron chi connectivity index (χ4n) is 1.19. The highest BCUT2D eigenvalue weighted by Gasteiger charge is 1.96. The van der Waals surface area contributed by atoms with Crippen LogP contribution < -0.4 is 5.32 Å². The maximum Gasteiger partial charge on any atom is 0.219 e. The van der Waals surface area contributed by atoms with Gasteiger partial charge in [-0.05, 0) is 6.42 Å². The lowest BCUT2D eigenvalue weighted by molar-refractivity contribution is -0.120. The van der Waals surface area contributed by atoms with Crippen molar-refractivity contribution in [1.82, 2.24) is 5.32 Å². The Morgan fingerprint density at radius 1 is 1.17 bits per heavy atom. The summed E-state index contributed by atoms with van der Waals surface area (Å²) in [5.41, 5.74) is 0. The first-order valence-electron chi connectivity index (χ1n) is 5.01. The van der Waals surface area contributed by atoms with Gasteiger partial charge in [0.1, 0.15) is 0 Å². The summed E-state index contributed by atoms with van der Waals surface area (Å²) < 4.78 is 0. The third kappa shape index (κ3) is 7.58. The molecule has 1 amide bonds. The van der Waals surface area contributed by atoms with Crippen LogP contribution in [0.25, 0.3) is 0 Å². The molecule has 0 aliphatic heterocycles. The average molecular weight is 173 g/mol. The van der Waals surface area contributed by atoms with Gasteiger partial charge in [0.15, 0.2) is 0 Å². The van der Waals surface area contributed by atoms with Crippen LogP contribution in [0.2, 0.25) is 0 Å². The molecule has 0 fully saturated rings. The highest BCUT2D eigenvalue weighted by Crippen LogP contribution is 2.06. The number of carbonyl (C=O) groups excluding carboxylic acids is 1. The van der Waals surface area contributed by atoms with Gasteiger partial charge in [0, 0.05) is 14.9 Å². The molecule has 0 rings (SSSR count). The Hall–Kier alpha value is -0.530. The normalized spacial score (nSPS) is 9.83. The summed E-state index contributed by atoms with van der Waals surface area (Å²) in [5.74, 6) is 0.172. The number of hydrogen-bond donors (Lipinski definition) is 1. The summed E-state index contributed by atoms with van der Waals surface area (Å²) >= 11 is 0. The minimum Gasteiger partial charge on any atom is -0.359 e. The van der Waals surface area contributed by atoms with E-state index in [-0.39, 0.29) is 7.33 Å². The van der Waals surface area contributed by atoms with Crippen molar-refractivity contribution in [3.63, 3.8) is 0 Å². The lowest BCUT2D eigenvalue weighted by atomic mass is 10.1. The van der Waals surface area contributed by atoms with Gasteiger partial charge in [-0.1, -0.05) is 39.0 Å². The summed E-state index contributed by atoms with van der Waals surface area (Å²) in [4.78, 5) is 10.8. The van der Waals surface area contributed by atoms with Crippen LogP contribution >= 0.6 is 0 Å². The fourth-order valence-corrected chi connectivity index (χ4v) is 1.19. The number of unbranched alkanes of at least 4 members (excludes halogenated alkanes) is 5. The van der Waals surface area contributed by atoms with Crippen LogP contribution in [0.4, 0.5) is 0 Å². The largest absolute Gasteiger partial charge is 0.359 e. The van der Waals surface area contributed by atoms with E-state index in [1.54, 1.807) is 7.05 Å². The van der Waals surface area contributed by atoms with E-state index in [9.17, 15) is 4.79 Å². The number of nitrogens with one attached hydrogen (secondary N) is 1. The van der Waals surface area contributed by atoms with E-state index >= 15 is 0 Å². The molecule has 0 unspecified atom stereocenters. The number of rotatable bonds is 7. The SMILES string of the molecule is CCCCCCCCC(=O)NC.[HH]. The molecule has 2 heteroatoms. The predicted octanol–water partition coefficient (Wildman–Crippen LogP) is 2.73. The zero-order valence-electron chi connectivity index (χ0n) is 8.36. The second-order valence-corrected chi connectivity index (χ2v) is 3.19. The molecule has 2 nitrogen and oxygen atoms in total. The third-order valence-corrected chi connectivity index (χ3v) is 2.04. The Morgan fingerprint density at radius 2 is 1.75 bits per heavy atom. The molecule has 74 valence electrons. The van der Waals surface area contributed by atoms with Crippen LogP contribution in [-0.4, -0.2) is 13.0 Å². The Labute approximate surface area is 77.2 Å². The van der Waals surface area contributed by atoms with E-state index < -0.39 is 0 Å². The summed E-state index contributed by atoms with van der Waals surface area (Å²) in [6.07, 6.45) is 8.17. The zero-order chi connectivity index (χ0) is 9.23. The summed E-state index contributed by atoms with van der Waals surface area (Å²) in [5, 5.41) is 2.63. The molecule has 0 saturated carbocycles. The summed E-state index contributed by atoms with van der Waals surface area (Å²) in [6, 6.07) is 0. The molecule has 0 heterocycles. The highest BCUT2D eigenvalue weighted by atomic mass is 16.1. The fraction of sp³-hybridized carbons (Fsp3) is 0.900. The van der Waals surface area contributed by atoms with E-state index in [1.807, 2.05) is 0 Å². The van der Waals surface area contributed by atoms with Gasteiger partial charge in [-0.3, -0.25) is 4.79 Å². The van der Waals surface area contributed by atoms with Crippen molar-refractivity contribution < 1.29 is 6.22 Å². The van der Waals surface area contributed by atoms with E-state index in [0.717, 1.165) is 6.42 Å². The van der Waals surface area contributed by atoms with Crippen LogP contribution in [-0.2, 0) is 4.79 Å². The first kappa shape index (κ1) is 11.5. The standard InChI is InChI=1S/C10H21NO.H2/c1-3-4-5-6-7-8-9-10(12)11-2;/h3-9H2,1-2H3,(H,11,12);1H. The first-order chi connectivity index (χ1) is 5.81. The van der Waals surface area contributed by atoms with Gasteiger partial charge < -0.3 is 5.32 Å². The summed E-state index contributed by atoms with van der Waals surface area (Å²) in [7, 11) is 1.69. The molecule has 0 aromatic rings. The minimum absolute atomic E-state index is 0. The van der Waals surface area contributed by atoms with E-state index in [4.69, 9.17) is 0 Å². The van der Waals surface area contributed by atoms with Crippen LogP contribution in [0, 0.1) is 0 Å². The molecule has 0 aromatic heterocycles. The lowest BCUT2D eigenvalue weighted by Gasteiger charge is -1.99. The second kappa shape index (κ2) is 8.57. The van der Waals surface area contributed by atoms with E-state index in [0.29, 0.717) is 6.42 Å². The monoisotopic (exact) mass is 173 g/mol. The van der Waals surface area contributed by atoms with Gasteiger partial charge in [0.05, 0.1) is 0 Å². The molecule has 12 heavy (non-hydrogen) atoms. The van der Waals surface area contributed by atoms with Crippen molar-refractivity contribution in [2.45, 2.75) is 51.9 Å². The Balaban J connectivity index is 0. The van der Waals surface area contributed by atoms with Crippen molar-refractivity contribution in [2.24, 2.45) is 0 Å². The van der Waals surface area contributed by atoms with Crippen molar-refractivity contribution in [1.29, 1.82) is 0 Å². The van der Waals surface area contributed by atoms with Gasteiger partial charge in [0.2, 0.25) is 5.91 Å². The lowest BCUT2D eigenvalue weighted by Crippen LogP contribution is -2.16.